The minimum Gasteiger partial charge on any atom is -0.219 e. The summed E-state index contributed by atoms with van der Waals surface area (Å²) in [7, 11) is -4.42. The van der Waals surface area contributed by atoms with Crippen LogP contribution in [0.2, 0.25) is 0 Å². The van der Waals surface area contributed by atoms with Crippen LogP contribution in [0.3, 0.4) is 0 Å². The molecule has 29 heavy (non-hydrogen) atoms. The van der Waals surface area contributed by atoms with Crippen LogP contribution in [0.25, 0.3) is 0 Å². The van der Waals surface area contributed by atoms with Crippen molar-refractivity contribution in [2.24, 2.45) is 0 Å². The molecular weight excluding hydrogens is 458 g/mol. The molecule has 0 spiro atoms. The number of benzene rings is 1. The van der Waals surface area contributed by atoms with Gasteiger partial charge in [-0.3, -0.25) is 0 Å². The average molecular weight is 479 g/mol. The van der Waals surface area contributed by atoms with Gasteiger partial charge in [0.15, 0.2) is 9.84 Å². The number of sulfone groups is 1. The first-order chi connectivity index (χ1) is 13.4. The van der Waals surface area contributed by atoms with Gasteiger partial charge in [0.05, 0.1) is 20.6 Å². The molecule has 1 fully saturated rings. The Morgan fingerprint density at radius 1 is 0.931 bits per heavy atom. The van der Waals surface area contributed by atoms with E-state index in [1.807, 2.05) is 23.5 Å². The van der Waals surface area contributed by atoms with Gasteiger partial charge in [-0.25, -0.2) is 8.42 Å². The SMILES string of the molecule is O=S(=O)(/C=C/CCCCC1SCCCS1)c1cc(C(F)(F)F)cc(C(F)(F)F)c1. The first kappa shape index (κ1) is 24.5. The minimum atomic E-state index is -5.09. The third-order valence-electron chi connectivity index (χ3n) is 4.12. The van der Waals surface area contributed by atoms with Crippen molar-refractivity contribution >= 4 is 33.4 Å². The second-order valence-electron chi connectivity index (χ2n) is 6.47. The van der Waals surface area contributed by atoms with E-state index in [0.29, 0.717) is 22.8 Å². The fourth-order valence-corrected chi connectivity index (χ4v) is 6.73. The molecule has 2 nitrogen and oxygen atoms in total. The van der Waals surface area contributed by atoms with Crippen molar-refractivity contribution < 1.29 is 34.8 Å². The summed E-state index contributed by atoms with van der Waals surface area (Å²) in [5, 5.41) is 0.687. The van der Waals surface area contributed by atoms with E-state index in [0.717, 1.165) is 24.3 Å². The molecule has 0 unspecified atom stereocenters. The van der Waals surface area contributed by atoms with Crippen LogP contribution in [-0.4, -0.2) is 24.5 Å². The van der Waals surface area contributed by atoms with Gasteiger partial charge in [-0.1, -0.05) is 12.5 Å². The van der Waals surface area contributed by atoms with Crippen LogP contribution >= 0.6 is 23.5 Å². The normalized spacial score (nSPS) is 17.2. The molecule has 1 aliphatic heterocycles. The highest BCUT2D eigenvalue weighted by molar-refractivity contribution is 8.17. The molecule has 1 saturated heterocycles. The van der Waals surface area contributed by atoms with Gasteiger partial charge in [0.1, 0.15) is 0 Å². The van der Waals surface area contributed by atoms with Crippen molar-refractivity contribution in [3.8, 4) is 0 Å². The molecule has 0 amide bonds. The maximum Gasteiger partial charge on any atom is 0.416 e. The first-order valence-electron chi connectivity index (χ1n) is 8.84. The molecule has 0 saturated carbocycles. The number of allylic oxidation sites excluding steroid dienone is 1. The highest BCUT2D eigenvalue weighted by Crippen LogP contribution is 2.37. The maximum absolute atomic E-state index is 12.9. The van der Waals surface area contributed by atoms with E-state index in [2.05, 4.69) is 0 Å². The highest BCUT2D eigenvalue weighted by atomic mass is 32.2. The Bertz CT molecular complexity index is 778. The van der Waals surface area contributed by atoms with Crippen LogP contribution in [-0.2, 0) is 22.2 Å². The van der Waals surface area contributed by atoms with Crippen LogP contribution in [0.15, 0.2) is 34.6 Å². The van der Waals surface area contributed by atoms with Gasteiger partial charge in [-0.2, -0.15) is 26.3 Å². The summed E-state index contributed by atoms with van der Waals surface area (Å²) in [6.07, 6.45) is -4.78. The largest absolute Gasteiger partial charge is 0.416 e. The first-order valence-corrected chi connectivity index (χ1v) is 12.5. The standard InChI is InChI=1S/C18H20F6O2S3/c19-17(20,21)13-10-14(18(22,23)24)12-15(11-13)29(25,26)9-4-2-1-3-6-16-27-7-5-8-28-16/h4,9-12,16H,1-3,5-8H2/b9-4+. The Hall–Kier alpha value is -0.810. The van der Waals surface area contributed by atoms with Crippen LogP contribution < -0.4 is 0 Å². The summed E-state index contributed by atoms with van der Waals surface area (Å²) in [6, 6.07) is 0.364. The molecule has 11 heteroatoms. The van der Waals surface area contributed by atoms with E-state index in [1.54, 1.807) is 0 Å². The number of alkyl halides is 6. The molecule has 0 aliphatic carbocycles. The number of hydrogen-bond acceptors (Lipinski definition) is 4. The van der Waals surface area contributed by atoms with Crippen LogP contribution in [0, 0.1) is 0 Å². The van der Waals surface area contributed by atoms with E-state index < -0.39 is 38.2 Å². The van der Waals surface area contributed by atoms with Gasteiger partial charge in [0, 0.05) is 5.41 Å². The molecule has 0 radical (unpaired) electrons. The van der Waals surface area contributed by atoms with Crippen molar-refractivity contribution in [2.75, 3.05) is 11.5 Å². The third-order valence-corrected chi connectivity index (χ3v) is 8.65. The van der Waals surface area contributed by atoms with Gasteiger partial charge in [0.2, 0.25) is 0 Å². The summed E-state index contributed by atoms with van der Waals surface area (Å²) in [4.78, 5) is -1.02. The van der Waals surface area contributed by atoms with E-state index >= 15 is 0 Å². The van der Waals surface area contributed by atoms with Gasteiger partial charge in [-0.05, 0) is 55.4 Å². The molecule has 0 atom stereocenters. The number of rotatable bonds is 7. The number of unbranched alkanes of at least 4 members (excludes halogenated alkanes) is 2. The predicted molar refractivity (Wildman–Crippen MR) is 105 cm³/mol. The molecular formula is C18H20F6O2S3. The highest BCUT2D eigenvalue weighted by Gasteiger charge is 2.38. The smallest absolute Gasteiger partial charge is 0.219 e. The molecule has 0 bridgehead atoms. The Morgan fingerprint density at radius 2 is 1.48 bits per heavy atom. The summed E-state index contributed by atoms with van der Waals surface area (Å²) in [5.41, 5.74) is -3.30. The Morgan fingerprint density at radius 3 is 2.00 bits per heavy atom. The molecule has 1 heterocycles. The zero-order valence-corrected chi connectivity index (χ0v) is 17.7. The fraction of sp³-hybridized carbons (Fsp3) is 0.556. The molecule has 0 aromatic heterocycles. The minimum absolute atomic E-state index is 0.0932. The summed E-state index contributed by atoms with van der Waals surface area (Å²) in [6.45, 7) is 0. The van der Waals surface area contributed by atoms with Gasteiger partial charge in [0.25, 0.3) is 0 Å². The number of halogens is 6. The van der Waals surface area contributed by atoms with Crippen molar-refractivity contribution in [3.63, 3.8) is 0 Å². The number of thioether (sulfide) groups is 2. The van der Waals surface area contributed by atoms with Crippen molar-refractivity contribution in [2.45, 2.75) is 53.9 Å². The quantitative estimate of drug-likeness (QED) is 0.320. The van der Waals surface area contributed by atoms with E-state index in [4.69, 9.17) is 0 Å². The molecule has 1 aromatic rings. The lowest BCUT2D eigenvalue weighted by Crippen LogP contribution is -2.13. The van der Waals surface area contributed by atoms with Crippen molar-refractivity contribution in [1.29, 1.82) is 0 Å². The fourth-order valence-electron chi connectivity index (χ4n) is 2.64. The molecule has 164 valence electrons. The molecule has 2 rings (SSSR count). The topological polar surface area (TPSA) is 34.1 Å². The molecule has 1 aromatic carbocycles. The van der Waals surface area contributed by atoms with Crippen LogP contribution in [0.4, 0.5) is 26.3 Å². The lowest BCUT2D eigenvalue weighted by Gasteiger charge is -2.20. The zero-order valence-electron chi connectivity index (χ0n) is 15.2. The maximum atomic E-state index is 12.9. The third kappa shape index (κ3) is 7.75. The zero-order chi connectivity index (χ0) is 21.7. The lowest BCUT2D eigenvalue weighted by molar-refractivity contribution is -0.143. The van der Waals surface area contributed by atoms with Crippen LogP contribution in [0.5, 0.6) is 0 Å². The lowest BCUT2D eigenvalue weighted by atomic mass is 10.1. The van der Waals surface area contributed by atoms with Gasteiger partial charge >= 0.3 is 12.4 Å². The van der Waals surface area contributed by atoms with Crippen molar-refractivity contribution in [3.05, 3.63) is 40.8 Å². The Kier molecular flexibility index (Phi) is 8.43. The van der Waals surface area contributed by atoms with Crippen LogP contribution in [0.1, 0.15) is 43.2 Å². The summed E-state index contributed by atoms with van der Waals surface area (Å²) < 4.78 is 102. The van der Waals surface area contributed by atoms with E-state index in [9.17, 15) is 34.8 Å². The molecule has 0 N–H and O–H groups in total. The summed E-state index contributed by atoms with van der Waals surface area (Å²) in [5.74, 6) is 2.26. The van der Waals surface area contributed by atoms with Gasteiger partial charge < -0.3 is 0 Å². The second-order valence-corrected chi connectivity index (χ2v) is 11.2. The Balaban J connectivity index is 2.04. The predicted octanol–water partition coefficient (Wildman–Crippen LogP) is 6.77. The average Bonchev–Trinajstić information content (AvgIpc) is 2.63. The number of hydrogen-bond donors (Lipinski definition) is 0. The molecule has 1 aliphatic rings. The Labute approximate surface area is 174 Å². The van der Waals surface area contributed by atoms with Gasteiger partial charge in [-0.15, -0.1) is 23.5 Å². The summed E-state index contributed by atoms with van der Waals surface area (Å²) >= 11 is 3.80. The van der Waals surface area contributed by atoms with Crippen molar-refractivity contribution in [1.82, 2.24) is 0 Å². The monoisotopic (exact) mass is 478 g/mol. The van der Waals surface area contributed by atoms with E-state index in [1.165, 1.54) is 12.5 Å². The van der Waals surface area contributed by atoms with E-state index in [-0.39, 0.29) is 18.2 Å². The second kappa shape index (κ2) is 10.00.